The van der Waals surface area contributed by atoms with Gasteiger partial charge >= 0.3 is 5.97 Å². The molecule has 10 rings (SSSR count). The van der Waals surface area contributed by atoms with Crippen molar-refractivity contribution in [3.05, 3.63) is 88.9 Å². The molecule has 2 unspecified atom stereocenters. The number of unbranched alkanes of at least 4 members (excludes halogenated alkanes) is 2. The van der Waals surface area contributed by atoms with E-state index in [1.54, 1.807) is 12.3 Å². The number of aromatic carboxylic acids is 1. The third-order valence-corrected chi connectivity index (χ3v) is 17.1. The summed E-state index contributed by atoms with van der Waals surface area (Å²) in [6, 6.07) is 17.1. The molecular formula is C52H63ClN8O9S2. The lowest BCUT2D eigenvalue weighted by Gasteiger charge is -2.69. The number of para-hydroxylation sites is 1. The molecule has 4 aliphatic carbocycles. The zero-order valence-electron chi connectivity index (χ0n) is 41.0. The highest BCUT2D eigenvalue weighted by molar-refractivity contribution is 7.85. The maximum atomic E-state index is 13.7. The van der Waals surface area contributed by atoms with E-state index in [0.29, 0.717) is 79.5 Å². The number of carbonyl (C=O) groups excluding carboxylic acids is 3. The van der Waals surface area contributed by atoms with Crippen molar-refractivity contribution in [3.8, 4) is 11.1 Å². The molecule has 2 atom stereocenters. The van der Waals surface area contributed by atoms with Crippen LogP contribution < -0.4 is 15.5 Å². The van der Waals surface area contributed by atoms with Gasteiger partial charge in [0.15, 0.2) is 10.8 Å². The summed E-state index contributed by atoms with van der Waals surface area (Å²) in [6.07, 6.45) is 10.0. The summed E-state index contributed by atoms with van der Waals surface area (Å²) in [5.41, 5.74) is 4.50. The Bertz CT molecular complexity index is 2960. The van der Waals surface area contributed by atoms with Crippen LogP contribution in [0.4, 0.5) is 10.9 Å². The van der Waals surface area contributed by atoms with E-state index < -0.39 is 27.4 Å². The number of thiazole rings is 1. The Morgan fingerprint density at radius 3 is 2.43 bits per heavy atom. The largest absolute Gasteiger partial charge is 0.476 e. The standard InChI is InChI=1S/C52H63ClN8O9S2/c1-34-38(36-15-16-42(57-45(36)47(65)66)60-19-17-35-10-9-11-37(39(35)26-60)46(64)58-48-56-40-12-6-7-13-41(40)71-48)25-55-61(34)33-51-28-49(2)27-50(3,29-51)31-52(30-49,32-51)70-22-20-59(21-23-72(67,68)69)44(63)14-5-4-8-18-54-43(62)24-53/h6-7,9-13,15-16,25H,4-5,8,14,17-24,26-33H2,1-3H3,(H,54,62)(H,65,66)(H,56,58,64)(H,67,68,69). The van der Waals surface area contributed by atoms with Gasteiger partial charge in [0.25, 0.3) is 16.0 Å². The van der Waals surface area contributed by atoms with E-state index in [2.05, 4.69) is 29.5 Å². The number of hydrogen-bond donors (Lipinski definition) is 4. The normalized spacial score (nSPS) is 23.3. The number of aromatic nitrogens is 4. The smallest absolute Gasteiger partial charge is 0.355 e. The van der Waals surface area contributed by atoms with E-state index in [9.17, 15) is 37.3 Å². The van der Waals surface area contributed by atoms with Gasteiger partial charge in [-0.15, -0.1) is 11.6 Å². The number of fused-ring (bicyclic) bond motifs is 2. The highest BCUT2D eigenvalue weighted by atomic mass is 35.5. The number of benzene rings is 2. The molecule has 0 radical (unpaired) electrons. The molecule has 5 aliphatic rings. The second kappa shape index (κ2) is 20.4. The quantitative estimate of drug-likeness (QED) is 0.0310. The molecular weight excluding hydrogens is 980 g/mol. The third kappa shape index (κ3) is 11.3. The van der Waals surface area contributed by atoms with Gasteiger partial charge in [-0.25, -0.2) is 14.8 Å². The zero-order valence-corrected chi connectivity index (χ0v) is 43.4. The van der Waals surface area contributed by atoms with Crippen LogP contribution in [0.3, 0.4) is 0 Å². The number of nitrogens with one attached hydrogen (secondary N) is 2. The molecule has 0 spiro atoms. The molecule has 1 aliphatic heterocycles. The number of carboxylic acid groups (broad SMARTS) is 1. The van der Waals surface area contributed by atoms with Gasteiger partial charge in [-0.05, 0) is 122 Å². The summed E-state index contributed by atoms with van der Waals surface area (Å²) < 4.78 is 43.0. The number of amides is 3. The maximum Gasteiger partial charge on any atom is 0.355 e. The van der Waals surface area contributed by atoms with E-state index in [0.717, 1.165) is 65.6 Å². The molecule has 4 fully saturated rings. The van der Waals surface area contributed by atoms with Crippen LogP contribution in [-0.4, -0.2) is 116 Å². The minimum absolute atomic E-state index is 0.0107. The molecule has 3 aromatic heterocycles. The SMILES string of the molecule is Cc1c(-c2ccc(N3CCc4cccc(C(=O)Nc5nc6ccccc6s5)c4C3)nc2C(=O)O)cnn1CC12CC3(C)CC(C)(C1)CC(OCCN(CCS(=O)(=O)O)C(=O)CCCCCNC(=O)CCl)(C3)C2. The Labute approximate surface area is 428 Å². The Morgan fingerprint density at radius 2 is 1.69 bits per heavy atom. The number of pyridine rings is 1. The van der Waals surface area contributed by atoms with Gasteiger partial charge in [-0.2, -0.15) is 13.5 Å². The zero-order chi connectivity index (χ0) is 51.1. The van der Waals surface area contributed by atoms with Crippen LogP contribution in [-0.2, 0) is 44.0 Å². The predicted molar refractivity (Wildman–Crippen MR) is 276 cm³/mol. The van der Waals surface area contributed by atoms with E-state index in [4.69, 9.17) is 26.4 Å². The Morgan fingerprint density at radius 1 is 0.917 bits per heavy atom. The van der Waals surface area contributed by atoms with Gasteiger partial charge in [0.2, 0.25) is 11.8 Å². The van der Waals surface area contributed by atoms with Gasteiger partial charge in [0.05, 0.1) is 34.4 Å². The van der Waals surface area contributed by atoms with E-state index in [1.807, 2.05) is 65.0 Å². The number of alkyl halides is 1. The molecule has 20 heteroatoms. The minimum Gasteiger partial charge on any atom is -0.476 e. The van der Waals surface area contributed by atoms with Gasteiger partial charge in [0, 0.05) is 68.1 Å². The topological polar surface area (TPSA) is 226 Å². The van der Waals surface area contributed by atoms with Crippen molar-refractivity contribution >= 4 is 77.9 Å². The Hall–Kier alpha value is -5.47. The number of nitrogens with zero attached hydrogens (tertiary/aromatic N) is 6. The average Bonchev–Trinajstić information content (AvgIpc) is 3.90. The molecule has 4 bridgehead atoms. The summed E-state index contributed by atoms with van der Waals surface area (Å²) in [7, 11) is -4.31. The van der Waals surface area contributed by atoms with Crippen molar-refractivity contribution in [1.29, 1.82) is 0 Å². The monoisotopic (exact) mass is 1040 g/mol. The van der Waals surface area contributed by atoms with Crippen molar-refractivity contribution in [2.75, 3.05) is 54.6 Å². The number of anilines is 2. The highest BCUT2D eigenvalue weighted by Crippen LogP contribution is 2.72. The van der Waals surface area contributed by atoms with Gasteiger partial charge in [-0.3, -0.25) is 28.9 Å². The molecule has 0 saturated heterocycles. The second-order valence-electron chi connectivity index (χ2n) is 21.4. The lowest BCUT2D eigenvalue weighted by atomic mass is 9.39. The molecule has 2 aromatic carbocycles. The summed E-state index contributed by atoms with van der Waals surface area (Å²) in [6.45, 7) is 8.92. The van der Waals surface area contributed by atoms with Crippen molar-refractivity contribution in [3.63, 3.8) is 0 Å². The fourth-order valence-electron chi connectivity index (χ4n) is 13.4. The Balaban J connectivity index is 0.883. The van der Waals surface area contributed by atoms with Crippen molar-refractivity contribution in [2.24, 2.45) is 16.2 Å². The molecule has 5 aromatic rings. The number of carbonyl (C=O) groups is 4. The summed E-state index contributed by atoms with van der Waals surface area (Å²) >= 11 is 6.96. The first-order chi connectivity index (χ1) is 34.3. The Kier molecular flexibility index (Phi) is 14.6. The maximum absolute atomic E-state index is 13.7. The van der Waals surface area contributed by atoms with Crippen LogP contribution in [0, 0.1) is 23.2 Å². The lowest BCUT2D eigenvalue weighted by Crippen LogP contribution is -2.64. The van der Waals surface area contributed by atoms with E-state index in [-0.39, 0.29) is 71.7 Å². The second-order valence-corrected chi connectivity index (χ2v) is 24.3. The first kappa shape index (κ1) is 51.4. The van der Waals surface area contributed by atoms with E-state index >= 15 is 0 Å². The first-order valence-electron chi connectivity index (χ1n) is 24.8. The predicted octanol–water partition coefficient (Wildman–Crippen LogP) is 8.14. The molecule has 4 heterocycles. The fourth-order valence-corrected chi connectivity index (χ4v) is 14.8. The molecule has 384 valence electrons. The number of ether oxygens (including phenoxy) is 1. The minimum atomic E-state index is -4.31. The van der Waals surface area contributed by atoms with E-state index in [1.165, 1.54) is 16.2 Å². The van der Waals surface area contributed by atoms with Crippen molar-refractivity contribution in [1.82, 2.24) is 30.0 Å². The van der Waals surface area contributed by atoms with Crippen LogP contribution in [0.25, 0.3) is 21.3 Å². The molecule has 4 N–H and O–H groups in total. The van der Waals surface area contributed by atoms with Crippen LogP contribution >= 0.6 is 22.9 Å². The van der Waals surface area contributed by atoms with Crippen molar-refractivity contribution in [2.45, 2.75) is 110 Å². The summed E-state index contributed by atoms with van der Waals surface area (Å²) in [4.78, 5) is 64.4. The number of carboxylic acids is 1. The van der Waals surface area contributed by atoms with Gasteiger partial charge < -0.3 is 25.0 Å². The fraction of sp³-hybridized carbons (Fsp3) is 0.519. The third-order valence-electron chi connectivity index (χ3n) is 15.2. The van der Waals surface area contributed by atoms with Crippen LogP contribution in [0.5, 0.6) is 0 Å². The first-order valence-corrected chi connectivity index (χ1v) is 27.7. The number of halogens is 1. The van der Waals surface area contributed by atoms with Gasteiger partial charge in [0.1, 0.15) is 11.7 Å². The van der Waals surface area contributed by atoms with Crippen LogP contribution in [0.2, 0.25) is 0 Å². The molecule has 17 nitrogen and oxygen atoms in total. The molecule has 3 amide bonds. The van der Waals surface area contributed by atoms with Crippen LogP contribution in [0.1, 0.15) is 116 Å². The average molecular weight is 1040 g/mol. The summed E-state index contributed by atoms with van der Waals surface area (Å²) in [5.74, 6) is -2.07. The number of rotatable bonds is 21. The van der Waals surface area contributed by atoms with Gasteiger partial charge in [-0.1, -0.05) is 55.9 Å². The summed E-state index contributed by atoms with van der Waals surface area (Å²) in [5, 5.41) is 21.8. The highest BCUT2D eigenvalue weighted by Gasteiger charge is 2.66. The van der Waals surface area contributed by atoms with Crippen LogP contribution in [0.15, 0.2) is 60.8 Å². The number of hydrogen-bond acceptors (Lipinski definition) is 12. The lowest BCUT2D eigenvalue weighted by molar-refractivity contribution is -0.248. The molecule has 4 saturated carbocycles. The molecule has 72 heavy (non-hydrogen) atoms. The van der Waals surface area contributed by atoms with Crippen molar-refractivity contribution < 1.29 is 42.0 Å².